The molecule has 0 aliphatic heterocycles. The van der Waals surface area contributed by atoms with Crippen molar-refractivity contribution in [3.8, 4) is 11.5 Å². The van der Waals surface area contributed by atoms with Crippen LogP contribution >= 0.6 is 0 Å². The van der Waals surface area contributed by atoms with Crippen molar-refractivity contribution in [2.75, 3.05) is 14.2 Å². The van der Waals surface area contributed by atoms with E-state index in [-0.39, 0.29) is 6.54 Å². The van der Waals surface area contributed by atoms with Gasteiger partial charge in [0.25, 0.3) is 0 Å². The van der Waals surface area contributed by atoms with Gasteiger partial charge in [0.2, 0.25) is 0 Å². The smallest absolute Gasteiger partial charge is 0.325 e. The SMILES string of the molecule is COc1ccc(CNC(=O)NC(C)C(=O)O)c(OC)c1. The van der Waals surface area contributed by atoms with Crippen molar-refractivity contribution in [2.24, 2.45) is 0 Å². The van der Waals surface area contributed by atoms with Crippen LogP contribution in [0.3, 0.4) is 0 Å². The Kier molecular flexibility index (Phi) is 5.64. The molecule has 0 aliphatic rings. The number of nitrogens with one attached hydrogen (secondary N) is 2. The minimum atomic E-state index is -1.10. The predicted molar refractivity (Wildman–Crippen MR) is 72.0 cm³/mol. The third-order valence-electron chi connectivity index (χ3n) is 2.65. The lowest BCUT2D eigenvalue weighted by Gasteiger charge is -2.13. The molecule has 0 aliphatic carbocycles. The Labute approximate surface area is 116 Å². The highest BCUT2D eigenvalue weighted by Crippen LogP contribution is 2.24. The van der Waals surface area contributed by atoms with Crippen LogP contribution in [0, 0.1) is 0 Å². The Morgan fingerprint density at radius 2 is 2.00 bits per heavy atom. The number of urea groups is 1. The van der Waals surface area contributed by atoms with Crippen molar-refractivity contribution < 1.29 is 24.2 Å². The summed E-state index contributed by atoms with van der Waals surface area (Å²) in [6.45, 7) is 1.60. The van der Waals surface area contributed by atoms with E-state index in [1.54, 1.807) is 25.3 Å². The number of methoxy groups -OCH3 is 2. The molecule has 1 aromatic rings. The highest BCUT2D eigenvalue weighted by Gasteiger charge is 2.14. The first-order chi connectivity index (χ1) is 9.47. The van der Waals surface area contributed by atoms with Gasteiger partial charge in [0.15, 0.2) is 0 Å². The number of hydrogen-bond acceptors (Lipinski definition) is 4. The highest BCUT2D eigenvalue weighted by atomic mass is 16.5. The van der Waals surface area contributed by atoms with E-state index in [1.165, 1.54) is 14.0 Å². The summed E-state index contributed by atoms with van der Waals surface area (Å²) in [6.07, 6.45) is 0. The molecule has 0 fully saturated rings. The summed E-state index contributed by atoms with van der Waals surface area (Å²) in [4.78, 5) is 22.1. The van der Waals surface area contributed by atoms with E-state index in [4.69, 9.17) is 14.6 Å². The molecule has 1 rings (SSSR count). The Morgan fingerprint density at radius 3 is 2.55 bits per heavy atom. The van der Waals surface area contributed by atoms with Crippen molar-refractivity contribution in [1.82, 2.24) is 10.6 Å². The second kappa shape index (κ2) is 7.22. The quantitative estimate of drug-likeness (QED) is 0.722. The number of carbonyl (C=O) groups is 2. The first-order valence-corrected chi connectivity index (χ1v) is 5.96. The molecule has 0 bridgehead atoms. The van der Waals surface area contributed by atoms with Crippen molar-refractivity contribution in [2.45, 2.75) is 19.5 Å². The van der Waals surface area contributed by atoms with Crippen molar-refractivity contribution in [1.29, 1.82) is 0 Å². The molecule has 0 aromatic heterocycles. The zero-order chi connectivity index (χ0) is 15.1. The van der Waals surface area contributed by atoms with Crippen molar-refractivity contribution in [3.05, 3.63) is 23.8 Å². The molecule has 1 atom stereocenters. The van der Waals surface area contributed by atoms with E-state index >= 15 is 0 Å². The van der Waals surface area contributed by atoms with Gasteiger partial charge in [0.1, 0.15) is 17.5 Å². The van der Waals surface area contributed by atoms with Gasteiger partial charge >= 0.3 is 12.0 Å². The van der Waals surface area contributed by atoms with Crippen LogP contribution in [0.25, 0.3) is 0 Å². The standard InChI is InChI=1S/C13H18N2O5/c1-8(12(16)17)15-13(18)14-7-9-4-5-10(19-2)6-11(9)20-3/h4-6,8H,7H2,1-3H3,(H,16,17)(H2,14,15,18). The number of benzene rings is 1. The molecular weight excluding hydrogens is 264 g/mol. The molecule has 0 spiro atoms. The Balaban J connectivity index is 2.61. The number of carbonyl (C=O) groups excluding carboxylic acids is 1. The maximum absolute atomic E-state index is 11.5. The molecule has 20 heavy (non-hydrogen) atoms. The maximum Gasteiger partial charge on any atom is 0.325 e. The summed E-state index contributed by atoms with van der Waals surface area (Å²) < 4.78 is 10.3. The summed E-state index contributed by atoms with van der Waals surface area (Å²) in [5.41, 5.74) is 0.756. The lowest BCUT2D eigenvalue weighted by Crippen LogP contribution is -2.44. The fraction of sp³-hybridized carbons (Fsp3) is 0.385. The zero-order valence-electron chi connectivity index (χ0n) is 11.6. The van der Waals surface area contributed by atoms with Crippen molar-refractivity contribution >= 4 is 12.0 Å². The van der Waals surface area contributed by atoms with E-state index in [2.05, 4.69) is 10.6 Å². The van der Waals surface area contributed by atoms with Crippen molar-refractivity contribution in [3.63, 3.8) is 0 Å². The van der Waals surface area contributed by atoms with E-state index in [1.807, 2.05) is 0 Å². The second-order valence-electron chi connectivity index (χ2n) is 4.06. The average Bonchev–Trinajstić information content (AvgIpc) is 2.44. The number of amides is 2. The van der Waals surface area contributed by atoms with E-state index in [0.29, 0.717) is 11.5 Å². The van der Waals surface area contributed by atoms with Crippen LogP contribution in [0.4, 0.5) is 4.79 Å². The molecule has 7 heteroatoms. The molecule has 1 unspecified atom stereocenters. The molecule has 1 aromatic carbocycles. The van der Waals surface area contributed by atoms with E-state index < -0.39 is 18.0 Å². The molecule has 0 saturated heterocycles. The van der Waals surface area contributed by atoms with Crippen LogP contribution in [0.5, 0.6) is 11.5 Å². The Morgan fingerprint density at radius 1 is 1.30 bits per heavy atom. The van der Waals surface area contributed by atoms with Gasteiger partial charge in [-0.3, -0.25) is 4.79 Å². The van der Waals surface area contributed by atoms with Gasteiger partial charge in [-0.2, -0.15) is 0 Å². The van der Waals surface area contributed by atoms with Crippen LogP contribution in [0.15, 0.2) is 18.2 Å². The number of aliphatic carboxylic acids is 1. The zero-order valence-corrected chi connectivity index (χ0v) is 11.6. The van der Waals surface area contributed by atoms with Gasteiger partial charge in [0, 0.05) is 18.2 Å². The summed E-state index contributed by atoms with van der Waals surface area (Å²) in [5.74, 6) is 0.132. The lowest BCUT2D eigenvalue weighted by molar-refractivity contribution is -0.138. The van der Waals surface area contributed by atoms with Gasteiger partial charge in [-0.25, -0.2) is 4.79 Å². The number of hydrogen-bond donors (Lipinski definition) is 3. The molecule has 7 nitrogen and oxygen atoms in total. The Bertz CT molecular complexity index is 490. The monoisotopic (exact) mass is 282 g/mol. The van der Waals surface area contributed by atoms with Crippen LogP contribution in [-0.2, 0) is 11.3 Å². The number of carboxylic acids is 1. The Hall–Kier alpha value is -2.44. The number of carboxylic acid groups (broad SMARTS) is 1. The molecule has 0 saturated carbocycles. The van der Waals surface area contributed by atoms with Crippen LogP contribution < -0.4 is 20.1 Å². The highest BCUT2D eigenvalue weighted by molar-refractivity contribution is 5.82. The minimum absolute atomic E-state index is 0.214. The summed E-state index contributed by atoms with van der Waals surface area (Å²) in [6, 6.07) is 3.70. The van der Waals surface area contributed by atoms with Crippen LogP contribution in [0.1, 0.15) is 12.5 Å². The van der Waals surface area contributed by atoms with Gasteiger partial charge in [0.05, 0.1) is 14.2 Å². The summed E-state index contributed by atoms with van der Waals surface area (Å²) in [7, 11) is 3.07. The first kappa shape index (κ1) is 15.6. The van der Waals surface area contributed by atoms with E-state index in [9.17, 15) is 9.59 Å². The molecule has 110 valence electrons. The predicted octanol–water partition coefficient (Wildman–Crippen LogP) is 0.976. The van der Waals surface area contributed by atoms with Crippen LogP contribution in [0.2, 0.25) is 0 Å². The van der Waals surface area contributed by atoms with Gasteiger partial charge in [-0.1, -0.05) is 0 Å². The summed E-state index contributed by atoms with van der Waals surface area (Å²) in [5, 5.41) is 13.5. The van der Waals surface area contributed by atoms with Crippen LogP contribution in [-0.4, -0.2) is 37.4 Å². The first-order valence-electron chi connectivity index (χ1n) is 5.96. The van der Waals surface area contributed by atoms with Gasteiger partial charge in [-0.05, 0) is 19.1 Å². The van der Waals surface area contributed by atoms with Gasteiger partial charge < -0.3 is 25.2 Å². The molecule has 3 N–H and O–H groups in total. The topological polar surface area (TPSA) is 96.9 Å². The fourth-order valence-electron chi connectivity index (χ4n) is 1.48. The summed E-state index contributed by atoms with van der Waals surface area (Å²) >= 11 is 0. The normalized spacial score (nSPS) is 11.3. The fourth-order valence-corrected chi connectivity index (χ4v) is 1.48. The minimum Gasteiger partial charge on any atom is -0.497 e. The number of ether oxygens (including phenoxy) is 2. The van der Waals surface area contributed by atoms with E-state index in [0.717, 1.165) is 5.56 Å². The average molecular weight is 282 g/mol. The lowest BCUT2D eigenvalue weighted by atomic mass is 10.2. The molecular formula is C13H18N2O5. The molecule has 0 heterocycles. The molecule has 0 radical (unpaired) electrons. The maximum atomic E-state index is 11.5. The second-order valence-corrected chi connectivity index (χ2v) is 4.06. The largest absolute Gasteiger partial charge is 0.497 e. The van der Waals surface area contributed by atoms with Gasteiger partial charge in [-0.15, -0.1) is 0 Å². The molecule has 2 amide bonds. The number of rotatable bonds is 6. The third kappa shape index (κ3) is 4.34. The third-order valence-corrected chi connectivity index (χ3v) is 2.65.